The van der Waals surface area contributed by atoms with E-state index in [9.17, 15) is 18.4 Å². The van der Waals surface area contributed by atoms with E-state index in [-0.39, 0.29) is 23.7 Å². The SMILES string of the molecule is CCCC(C)O.CCOC(=O)C(F)(F)c1cc2cnc(SC)nc2[nH]c1=O. The third-order valence-corrected chi connectivity index (χ3v) is 3.89. The van der Waals surface area contributed by atoms with Gasteiger partial charge < -0.3 is 14.8 Å². The van der Waals surface area contributed by atoms with Gasteiger partial charge in [-0.25, -0.2) is 14.8 Å². The van der Waals surface area contributed by atoms with Gasteiger partial charge in [-0.15, -0.1) is 0 Å². The molecule has 1 unspecified atom stereocenters. The number of aliphatic hydroxyl groups excluding tert-OH is 1. The standard InChI is InChI=1S/C12H11F2N3O3S.C5H12O/c1-3-20-10(19)12(13,14)7-4-6-5-15-11(21-2)17-8(6)16-9(7)18;1-3-4-5(2)6/h4-5H,3H2,1-2H3,(H,15,16,17,18);5-6H,3-4H2,1-2H3. The van der Waals surface area contributed by atoms with Gasteiger partial charge in [0.05, 0.1) is 18.3 Å². The third-order valence-electron chi connectivity index (χ3n) is 3.33. The molecule has 0 aromatic carbocycles. The van der Waals surface area contributed by atoms with Crippen LogP contribution in [-0.2, 0) is 15.5 Å². The van der Waals surface area contributed by atoms with E-state index in [2.05, 4.69) is 26.6 Å². The molecule has 27 heavy (non-hydrogen) atoms. The van der Waals surface area contributed by atoms with Gasteiger partial charge in [0, 0.05) is 11.6 Å². The zero-order chi connectivity index (χ0) is 20.6. The molecule has 0 aliphatic rings. The first-order chi connectivity index (χ1) is 12.7. The number of nitrogens with one attached hydrogen (secondary N) is 1. The van der Waals surface area contributed by atoms with Crippen LogP contribution in [0.5, 0.6) is 0 Å². The predicted octanol–water partition coefficient (Wildman–Crippen LogP) is 2.86. The summed E-state index contributed by atoms with van der Waals surface area (Å²) in [5, 5.41) is 9.14. The molecule has 7 nitrogen and oxygen atoms in total. The van der Waals surface area contributed by atoms with Gasteiger partial charge in [-0.05, 0) is 32.6 Å². The average molecular weight is 403 g/mol. The summed E-state index contributed by atoms with van der Waals surface area (Å²) in [4.78, 5) is 33.2. The molecular formula is C17H23F2N3O4S. The Morgan fingerprint density at radius 1 is 1.44 bits per heavy atom. The number of pyridine rings is 1. The van der Waals surface area contributed by atoms with Gasteiger partial charge in [-0.2, -0.15) is 8.78 Å². The van der Waals surface area contributed by atoms with Gasteiger partial charge in [-0.3, -0.25) is 4.79 Å². The number of ether oxygens (including phenoxy) is 1. The van der Waals surface area contributed by atoms with Crippen LogP contribution in [0.1, 0.15) is 39.2 Å². The maximum Gasteiger partial charge on any atom is 0.382 e. The Hall–Kier alpha value is -2.07. The maximum absolute atomic E-state index is 13.9. The summed E-state index contributed by atoms with van der Waals surface area (Å²) in [6.07, 6.45) is 4.95. The van der Waals surface area contributed by atoms with Crippen molar-refractivity contribution >= 4 is 28.8 Å². The summed E-state index contributed by atoms with van der Waals surface area (Å²) in [6.45, 7) is 5.06. The Balaban J connectivity index is 0.000000527. The van der Waals surface area contributed by atoms with Gasteiger partial charge in [0.15, 0.2) is 5.16 Å². The van der Waals surface area contributed by atoms with E-state index in [4.69, 9.17) is 5.11 Å². The number of hydrogen-bond acceptors (Lipinski definition) is 7. The molecule has 0 bridgehead atoms. The van der Waals surface area contributed by atoms with Crippen LogP contribution in [-0.4, -0.2) is 45.0 Å². The van der Waals surface area contributed by atoms with Crippen molar-refractivity contribution in [3.05, 3.63) is 28.2 Å². The second-order valence-corrected chi connectivity index (χ2v) is 6.38. The van der Waals surface area contributed by atoms with Gasteiger partial charge in [-0.1, -0.05) is 25.1 Å². The molecule has 2 N–H and O–H groups in total. The Kier molecular flexibility index (Phi) is 8.77. The molecule has 2 aromatic heterocycles. The van der Waals surface area contributed by atoms with Gasteiger partial charge in [0.1, 0.15) is 5.65 Å². The number of carbonyl (C=O) groups excluding carboxylic acids is 1. The number of halogens is 2. The molecule has 10 heteroatoms. The largest absolute Gasteiger partial charge is 0.461 e. The molecule has 2 heterocycles. The van der Waals surface area contributed by atoms with Crippen molar-refractivity contribution in [2.45, 2.75) is 50.8 Å². The lowest BCUT2D eigenvalue weighted by molar-refractivity contribution is -0.173. The van der Waals surface area contributed by atoms with Crippen molar-refractivity contribution in [1.82, 2.24) is 15.0 Å². The summed E-state index contributed by atoms with van der Waals surface area (Å²) in [5.74, 6) is -5.80. The fourth-order valence-electron chi connectivity index (χ4n) is 2.06. The Labute approximate surface area is 159 Å². The Morgan fingerprint density at radius 3 is 2.59 bits per heavy atom. The van der Waals surface area contributed by atoms with Crippen molar-refractivity contribution in [1.29, 1.82) is 0 Å². The van der Waals surface area contributed by atoms with Crippen molar-refractivity contribution < 1.29 is 23.4 Å². The molecule has 0 saturated carbocycles. The van der Waals surface area contributed by atoms with Crippen LogP contribution in [0.3, 0.4) is 0 Å². The number of thioether (sulfide) groups is 1. The lowest BCUT2D eigenvalue weighted by Gasteiger charge is -2.14. The highest BCUT2D eigenvalue weighted by Crippen LogP contribution is 2.28. The van der Waals surface area contributed by atoms with Crippen LogP contribution in [0.15, 0.2) is 22.2 Å². The molecule has 2 rings (SSSR count). The van der Waals surface area contributed by atoms with E-state index in [0.29, 0.717) is 5.16 Å². The van der Waals surface area contributed by atoms with Crippen molar-refractivity contribution in [2.75, 3.05) is 12.9 Å². The zero-order valence-electron chi connectivity index (χ0n) is 15.6. The molecule has 0 aliphatic heterocycles. The van der Waals surface area contributed by atoms with E-state index in [1.54, 1.807) is 6.26 Å². The number of alkyl halides is 2. The van der Waals surface area contributed by atoms with Gasteiger partial charge in [0.2, 0.25) is 0 Å². The minimum Gasteiger partial charge on any atom is -0.461 e. The molecule has 0 amide bonds. The minimum absolute atomic E-state index is 0.102. The molecular weight excluding hydrogens is 380 g/mol. The van der Waals surface area contributed by atoms with Crippen LogP contribution in [0.25, 0.3) is 11.0 Å². The predicted molar refractivity (Wildman–Crippen MR) is 99.1 cm³/mol. The minimum atomic E-state index is -4.03. The molecule has 0 spiro atoms. The zero-order valence-corrected chi connectivity index (χ0v) is 16.4. The van der Waals surface area contributed by atoms with E-state index in [0.717, 1.165) is 18.9 Å². The van der Waals surface area contributed by atoms with E-state index >= 15 is 0 Å². The molecule has 0 fully saturated rings. The highest BCUT2D eigenvalue weighted by molar-refractivity contribution is 7.98. The number of nitrogens with zero attached hydrogens (tertiary/aromatic N) is 2. The second kappa shape index (κ2) is 10.3. The second-order valence-electron chi connectivity index (χ2n) is 5.61. The number of carbonyl (C=O) groups is 1. The first kappa shape index (κ1) is 23.0. The quantitative estimate of drug-likeness (QED) is 0.434. The highest BCUT2D eigenvalue weighted by atomic mass is 32.2. The summed E-state index contributed by atoms with van der Waals surface area (Å²) >= 11 is 1.24. The summed E-state index contributed by atoms with van der Waals surface area (Å²) in [5.41, 5.74) is -1.96. The molecule has 0 saturated heterocycles. The van der Waals surface area contributed by atoms with Gasteiger partial charge >= 0.3 is 11.9 Å². The topological polar surface area (TPSA) is 105 Å². The molecule has 1 atom stereocenters. The highest BCUT2D eigenvalue weighted by Gasteiger charge is 2.45. The number of aliphatic hydroxyl groups is 1. The van der Waals surface area contributed by atoms with Crippen molar-refractivity contribution in [2.24, 2.45) is 0 Å². The fraction of sp³-hybridized carbons (Fsp3) is 0.529. The van der Waals surface area contributed by atoms with E-state index in [1.165, 1.54) is 24.9 Å². The summed E-state index contributed by atoms with van der Waals surface area (Å²) < 4.78 is 32.2. The van der Waals surface area contributed by atoms with Gasteiger partial charge in [0.25, 0.3) is 5.56 Å². The number of aromatic amines is 1. The lowest BCUT2D eigenvalue weighted by Crippen LogP contribution is -2.34. The van der Waals surface area contributed by atoms with Crippen LogP contribution < -0.4 is 5.56 Å². The van der Waals surface area contributed by atoms with E-state index in [1.807, 2.05) is 6.92 Å². The smallest absolute Gasteiger partial charge is 0.382 e. The van der Waals surface area contributed by atoms with E-state index < -0.39 is 23.0 Å². The fourth-order valence-corrected chi connectivity index (χ4v) is 2.40. The number of H-pyrrole nitrogens is 1. The number of esters is 1. The summed E-state index contributed by atoms with van der Waals surface area (Å²) in [6, 6.07) is 0.898. The molecule has 0 aliphatic carbocycles. The Bertz CT molecular complexity index is 827. The van der Waals surface area contributed by atoms with Crippen LogP contribution in [0.2, 0.25) is 0 Å². The first-order valence-corrected chi connectivity index (χ1v) is 9.57. The van der Waals surface area contributed by atoms with Crippen molar-refractivity contribution in [3.63, 3.8) is 0 Å². The van der Waals surface area contributed by atoms with Crippen LogP contribution >= 0.6 is 11.8 Å². The average Bonchev–Trinajstić information content (AvgIpc) is 2.61. The molecule has 2 aromatic rings. The summed E-state index contributed by atoms with van der Waals surface area (Å²) in [7, 11) is 0. The third kappa shape index (κ3) is 6.24. The number of hydrogen-bond donors (Lipinski definition) is 2. The first-order valence-electron chi connectivity index (χ1n) is 8.34. The molecule has 150 valence electrons. The lowest BCUT2D eigenvalue weighted by atomic mass is 10.1. The number of aromatic nitrogens is 3. The van der Waals surface area contributed by atoms with Crippen molar-refractivity contribution in [3.8, 4) is 0 Å². The number of fused-ring (bicyclic) bond motifs is 1. The molecule has 0 radical (unpaired) electrons. The maximum atomic E-state index is 13.9. The number of rotatable bonds is 6. The monoisotopic (exact) mass is 403 g/mol. The normalized spacial score (nSPS) is 12.3. The van der Waals surface area contributed by atoms with Crippen LogP contribution in [0, 0.1) is 0 Å². The Morgan fingerprint density at radius 2 is 2.11 bits per heavy atom. The van der Waals surface area contributed by atoms with Crippen LogP contribution in [0.4, 0.5) is 8.78 Å².